The molecule has 188 valence electrons. The highest BCUT2D eigenvalue weighted by molar-refractivity contribution is 6.03. The van der Waals surface area contributed by atoms with Crippen LogP contribution in [-0.2, 0) is 17.8 Å². The molecule has 1 atom stereocenters. The molecule has 0 bridgehead atoms. The lowest BCUT2D eigenvalue weighted by Gasteiger charge is -2.36. The molecule has 0 aromatic heterocycles. The first-order chi connectivity index (χ1) is 17.4. The minimum atomic E-state index is -1.19. The van der Waals surface area contributed by atoms with Crippen LogP contribution in [0.15, 0.2) is 30.3 Å². The van der Waals surface area contributed by atoms with E-state index >= 15 is 0 Å². The van der Waals surface area contributed by atoms with Crippen LogP contribution in [0.1, 0.15) is 68.2 Å². The van der Waals surface area contributed by atoms with Crippen LogP contribution in [-0.4, -0.2) is 53.5 Å². The maximum atomic E-state index is 13.4. The summed E-state index contributed by atoms with van der Waals surface area (Å²) in [5, 5.41) is 15.2. The van der Waals surface area contributed by atoms with Crippen molar-refractivity contribution in [3.8, 4) is 0 Å². The van der Waals surface area contributed by atoms with Crippen molar-refractivity contribution in [1.82, 2.24) is 10.2 Å². The summed E-state index contributed by atoms with van der Waals surface area (Å²) in [4.78, 5) is 39.8. The van der Waals surface area contributed by atoms with Crippen molar-refractivity contribution >= 4 is 35.2 Å². The van der Waals surface area contributed by atoms with Crippen LogP contribution in [0.5, 0.6) is 0 Å². The summed E-state index contributed by atoms with van der Waals surface area (Å²) in [6.45, 7) is 1.46. The third-order valence-corrected chi connectivity index (χ3v) is 7.47. The number of carbonyl (C=O) groups is 3. The summed E-state index contributed by atoms with van der Waals surface area (Å²) >= 11 is 0. The van der Waals surface area contributed by atoms with Crippen LogP contribution in [0.25, 0.3) is 6.08 Å². The Bertz CT molecular complexity index is 1270. The van der Waals surface area contributed by atoms with Crippen LogP contribution < -0.4 is 22.1 Å². The molecule has 2 aromatic carbocycles. The molecule has 3 aliphatic rings. The second kappa shape index (κ2) is 9.66. The fourth-order valence-electron chi connectivity index (χ4n) is 5.35. The highest BCUT2D eigenvalue weighted by Gasteiger charge is 2.34. The topological polar surface area (TPSA) is 151 Å². The Labute approximate surface area is 209 Å². The van der Waals surface area contributed by atoms with Gasteiger partial charge in [0.2, 0.25) is 0 Å². The summed E-state index contributed by atoms with van der Waals surface area (Å²) in [5.74, 6) is -1.54. The van der Waals surface area contributed by atoms with Gasteiger partial charge in [-0.05, 0) is 65.6 Å². The molecule has 2 heterocycles. The Hall–Kier alpha value is -3.85. The van der Waals surface area contributed by atoms with Gasteiger partial charge in [0.25, 0.3) is 11.8 Å². The number of anilines is 2. The lowest BCUT2D eigenvalue weighted by atomic mass is 9.73. The third kappa shape index (κ3) is 4.30. The zero-order chi connectivity index (χ0) is 25.4. The molecule has 2 amide bonds. The summed E-state index contributed by atoms with van der Waals surface area (Å²) in [7, 11) is 0. The van der Waals surface area contributed by atoms with E-state index in [1.54, 1.807) is 6.07 Å². The molecule has 9 nitrogen and oxygen atoms in total. The number of nitrogens with zero attached hydrogens (tertiary/aromatic N) is 1. The van der Waals surface area contributed by atoms with Gasteiger partial charge < -0.3 is 32.1 Å². The lowest BCUT2D eigenvalue weighted by Crippen LogP contribution is -2.46. The van der Waals surface area contributed by atoms with Gasteiger partial charge in [-0.3, -0.25) is 9.59 Å². The van der Waals surface area contributed by atoms with E-state index in [-0.39, 0.29) is 18.4 Å². The Morgan fingerprint density at radius 2 is 2.03 bits per heavy atom. The van der Waals surface area contributed by atoms with Gasteiger partial charge in [-0.2, -0.15) is 0 Å². The molecule has 0 radical (unpaired) electrons. The van der Waals surface area contributed by atoms with Crippen molar-refractivity contribution in [1.29, 1.82) is 0 Å². The zero-order valence-corrected chi connectivity index (χ0v) is 20.0. The average Bonchev–Trinajstić information content (AvgIpc) is 2.84. The Morgan fingerprint density at radius 3 is 2.72 bits per heavy atom. The first-order valence-corrected chi connectivity index (χ1v) is 12.4. The predicted octanol–water partition coefficient (Wildman–Crippen LogP) is 2.32. The molecular weight excluding hydrogens is 458 g/mol. The number of rotatable bonds is 6. The van der Waals surface area contributed by atoms with Gasteiger partial charge in [0.1, 0.15) is 6.04 Å². The fourth-order valence-corrected chi connectivity index (χ4v) is 5.35. The van der Waals surface area contributed by atoms with E-state index in [0.29, 0.717) is 36.3 Å². The van der Waals surface area contributed by atoms with Crippen molar-refractivity contribution in [3.05, 3.63) is 63.7 Å². The number of hydrogen-bond donors (Lipinski definition) is 5. The maximum Gasteiger partial charge on any atom is 0.327 e. The van der Waals surface area contributed by atoms with Gasteiger partial charge in [-0.15, -0.1) is 0 Å². The Morgan fingerprint density at radius 1 is 1.22 bits per heavy atom. The monoisotopic (exact) mass is 489 g/mol. The van der Waals surface area contributed by atoms with E-state index in [9.17, 15) is 19.5 Å². The Balaban J connectivity index is 1.44. The number of carboxylic acid groups (broad SMARTS) is 1. The molecule has 1 fully saturated rings. The zero-order valence-electron chi connectivity index (χ0n) is 20.0. The number of carbonyl (C=O) groups excluding carboxylic acids is 2. The van der Waals surface area contributed by atoms with Crippen LogP contribution in [0.3, 0.4) is 0 Å². The smallest absolute Gasteiger partial charge is 0.327 e. The normalized spacial score (nSPS) is 17.3. The van der Waals surface area contributed by atoms with E-state index in [1.165, 1.54) is 0 Å². The molecule has 0 unspecified atom stereocenters. The van der Waals surface area contributed by atoms with Crippen molar-refractivity contribution in [3.63, 3.8) is 0 Å². The van der Waals surface area contributed by atoms with Gasteiger partial charge in [0.15, 0.2) is 0 Å². The number of benzene rings is 2. The van der Waals surface area contributed by atoms with Gasteiger partial charge in [0, 0.05) is 43.1 Å². The molecule has 2 aromatic rings. The minimum Gasteiger partial charge on any atom is -0.480 e. The molecule has 7 N–H and O–H groups in total. The second-order valence-corrected chi connectivity index (χ2v) is 9.68. The van der Waals surface area contributed by atoms with Crippen LogP contribution >= 0.6 is 0 Å². The van der Waals surface area contributed by atoms with Crippen LogP contribution in [0.4, 0.5) is 11.4 Å². The van der Waals surface area contributed by atoms with E-state index in [0.717, 1.165) is 53.7 Å². The molecule has 9 heteroatoms. The van der Waals surface area contributed by atoms with E-state index < -0.39 is 17.9 Å². The molecule has 36 heavy (non-hydrogen) atoms. The Kier molecular flexibility index (Phi) is 6.40. The molecule has 2 aliphatic heterocycles. The molecule has 0 spiro atoms. The molecular formula is C27H31N5O4. The number of carboxylic acids is 1. The van der Waals surface area contributed by atoms with Crippen LogP contribution in [0, 0.1) is 0 Å². The largest absolute Gasteiger partial charge is 0.480 e. The van der Waals surface area contributed by atoms with Crippen LogP contribution in [0.2, 0.25) is 0 Å². The van der Waals surface area contributed by atoms with E-state index in [4.69, 9.17) is 11.5 Å². The predicted molar refractivity (Wildman–Crippen MR) is 138 cm³/mol. The van der Waals surface area contributed by atoms with Crippen molar-refractivity contribution < 1.29 is 19.5 Å². The summed E-state index contributed by atoms with van der Waals surface area (Å²) < 4.78 is 0. The maximum absolute atomic E-state index is 13.4. The van der Waals surface area contributed by atoms with E-state index in [1.807, 2.05) is 35.3 Å². The quantitative estimate of drug-likeness (QED) is 0.391. The van der Waals surface area contributed by atoms with Crippen molar-refractivity contribution in [2.45, 2.75) is 44.2 Å². The first-order valence-electron chi connectivity index (χ1n) is 12.4. The summed E-state index contributed by atoms with van der Waals surface area (Å²) in [6.07, 6.45) is 7.67. The number of fused-ring (bicyclic) bond motifs is 2. The average molecular weight is 490 g/mol. The number of aliphatic carboxylic acids is 1. The second-order valence-electron chi connectivity index (χ2n) is 9.68. The lowest BCUT2D eigenvalue weighted by molar-refractivity contribution is -0.138. The van der Waals surface area contributed by atoms with Gasteiger partial charge in [-0.1, -0.05) is 24.6 Å². The highest BCUT2D eigenvalue weighted by Crippen LogP contribution is 2.44. The molecule has 5 rings (SSSR count). The van der Waals surface area contributed by atoms with E-state index in [2.05, 4.69) is 10.6 Å². The standard InChI is InChI=1S/C27H31N5O4/c28-13-22(27(35)36)31-25(33)24-20(29)11-18-14-32(10-8-19(18)23(24)16-3-1-4-16)26(34)17-7-6-15-5-2-9-30-21(15)12-17/h2,5-7,11-12,16,22,30H,1,3-4,8-10,13-14,28-29H2,(H,31,33)(H,35,36)/t22-/m0/s1. The van der Waals surface area contributed by atoms with Gasteiger partial charge in [0.05, 0.1) is 5.56 Å². The first kappa shape index (κ1) is 23.9. The number of hydrogen-bond acceptors (Lipinski definition) is 6. The summed E-state index contributed by atoms with van der Waals surface area (Å²) in [5.41, 5.74) is 18.1. The highest BCUT2D eigenvalue weighted by atomic mass is 16.4. The van der Waals surface area contributed by atoms with Gasteiger partial charge in [-0.25, -0.2) is 4.79 Å². The number of nitrogens with one attached hydrogen (secondary N) is 2. The SMILES string of the molecule is NC[C@H](NC(=O)c1c(N)cc2c(c1C1CCC1)CCN(C(=O)c1ccc3c(c1)NCC=C3)C2)C(=O)O. The summed E-state index contributed by atoms with van der Waals surface area (Å²) in [6, 6.07) is 6.29. The molecule has 0 saturated heterocycles. The fraction of sp³-hybridized carbons (Fsp3) is 0.370. The minimum absolute atomic E-state index is 0.0439. The van der Waals surface area contributed by atoms with Crippen molar-refractivity contribution in [2.24, 2.45) is 5.73 Å². The van der Waals surface area contributed by atoms with Gasteiger partial charge >= 0.3 is 5.97 Å². The number of nitrogens with two attached hydrogens (primary N) is 2. The molecule has 1 aliphatic carbocycles. The molecule has 1 saturated carbocycles. The van der Waals surface area contributed by atoms with Crippen molar-refractivity contribution in [2.75, 3.05) is 30.7 Å². The number of nitrogen functional groups attached to an aromatic ring is 1. The number of amides is 2. The third-order valence-electron chi connectivity index (χ3n) is 7.47.